The van der Waals surface area contributed by atoms with Gasteiger partial charge in [-0.3, -0.25) is 5.32 Å². The zero-order valence-corrected chi connectivity index (χ0v) is 13.5. The number of hydrogen-bond donors (Lipinski definition) is 1. The Morgan fingerprint density at radius 2 is 1.81 bits per heavy atom. The van der Waals surface area contributed by atoms with E-state index in [1.165, 1.54) is 0 Å². The fourth-order valence-corrected chi connectivity index (χ4v) is 3.49. The molecular formula is C16H14F7NO3. The van der Waals surface area contributed by atoms with Crippen molar-refractivity contribution in [2.24, 2.45) is 11.8 Å². The standard InChI is InChI=1S/C16H14F7NO3/c17-11-4-8(15(18,19)20)1-2-12(11)26-9-3-7-6-24-13(10(7)5-9)27-14(25)16(21,22)23/h1-2,4,7,9-10,13,24H,3,5-6H2. The van der Waals surface area contributed by atoms with E-state index in [1.807, 2.05) is 0 Å². The van der Waals surface area contributed by atoms with Gasteiger partial charge in [0.05, 0.1) is 11.7 Å². The van der Waals surface area contributed by atoms with Crippen molar-refractivity contribution in [3.05, 3.63) is 29.6 Å². The van der Waals surface area contributed by atoms with Crippen LogP contribution in [0.5, 0.6) is 5.75 Å². The molecule has 1 heterocycles. The zero-order chi connectivity index (χ0) is 20.0. The highest BCUT2D eigenvalue weighted by atomic mass is 19.4. The number of carbonyl (C=O) groups is 1. The highest BCUT2D eigenvalue weighted by Crippen LogP contribution is 2.41. The number of alkyl halides is 6. The first-order valence-corrected chi connectivity index (χ1v) is 7.99. The molecule has 2 aliphatic rings. The number of nitrogens with one attached hydrogen (secondary N) is 1. The number of halogens is 7. The van der Waals surface area contributed by atoms with Gasteiger partial charge in [-0.05, 0) is 37.0 Å². The molecule has 1 aromatic carbocycles. The summed E-state index contributed by atoms with van der Waals surface area (Å²) in [6.45, 7) is 0.288. The van der Waals surface area contributed by atoms with Crippen LogP contribution in [0.15, 0.2) is 18.2 Å². The van der Waals surface area contributed by atoms with E-state index in [2.05, 4.69) is 10.1 Å². The molecule has 0 radical (unpaired) electrons. The van der Waals surface area contributed by atoms with Crippen molar-refractivity contribution >= 4 is 5.97 Å². The van der Waals surface area contributed by atoms with Gasteiger partial charge in [0.25, 0.3) is 0 Å². The van der Waals surface area contributed by atoms with Gasteiger partial charge in [0.1, 0.15) is 0 Å². The Labute approximate surface area is 148 Å². The average molecular weight is 401 g/mol. The van der Waals surface area contributed by atoms with Crippen LogP contribution in [0.1, 0.15) is 18.4 Å². The molecule has 0 amide bonds. The van der Waals surface area contributed by atoms with Gasteiger partial charge in [0.2, 0.25) is 0 Å². The Balaban J connectivity index is 1.63. The van der Waals surface area contributed by atoms with Crippen molar-refractivity contribution in [2.75, 3.05) is 6.54 Å². The first kappa shape index (κ1) is 19.7. The molecular weight excluding hydrogens is 387 g/mol. The average Bonchev–Trinajstić information content (AvgIpc) is 3.09. The molecule has 0 spiro atoms. The first-order chi connectivity index (χ1) is 12.4. The number of hydrogen-bond acceptors (Lipinski definition) is 4. The van der Waals surface area contributed by atoms with E-state index in [-0.39, 0.29) is 24.6 Å². The van der Waals surface area contributed by atoms with Crippen molar-refractivity contribution in [3.63, 3.8) is 0 Å². The predicted molar refractivity (Wildman–Crippen MR) is 76.0 cm³/mol. The first-order valence-electron chi connectivity index (χ1n) is 7.99. The SMILES string of the molecule is O=C(OC1NCC2CC(Oc3ccc(C(F)(F)F)cc3F)CC21)C(F)(F)F. The molecule has 0 aromatic heterocycles. The Morgan fingerprint density at radius 3 is 2.41 bits per heavy atom. The summed E-state index contributed by atoms with van der Waals surface area (Å²) < 4.78 is 98.3. The van der Waals surface area contributed by atoms with Gasteiger partial charge in [-0.15, -0.1) is 0 Å². The molecule has 4 unspecified atom stereocenters. The lowest BCUT2D eigenvalue weighted by Crippen LogP contribution is -2.38. The van der Waals surface area contributed by atoms with Crippen LogP contribution in [0, 0.1) is 17.7 Å². The molecule has 150 valence electrons. The van der Waals surface area contributed by atoms with Crippen LogP contribution in [-0.2, 0) is 15.7 Å². The maximum atomic E-state index is 13.9. The van der Waals surface area contributed by atoms with Gasteiger partial charge in [-0.2, -0.15) is 26.3 Å². The number of carbonyl (C=O) groups excluding carboxylic acids is 1. The number of esters is 1. The lowest BCUT2D eigenvalue weighted by atomic mass is 9.99. The predicted octanol–water partition coefficient (Wildman–Crippen LogP) is 3.65. The third-order valence-corrected chi connectivity index (χ3v) is 4.69. The van der Waals surface area contributed by atoms with Crippen LogP contribution < -0.4 is 10.1 Å². The summed E-state index contributed by atoms with van der Waals surface area (Å²) in [5, 5.41) is 2.68. The lowest BCUT2D eigenvalue weighted by molar-refractivity contribution is -0.207. The molecule has 1 N–H and O–H groups in total. The van der Waals surface area contributed by atoms with E-state index >= 15 is 0 Å². The van der Waals surface area contributed by atoms with E-state index in [9.17, 15) is 35.5 Å². The summed E-state index contributed by atoms with van der Waals surface area (Å²) >= 11 is 0. The van der Waals surface area contributed by atoms with E-state index in [1.54, 1.807) is 0 Å². The minimum absolute atomic E-state index is 0.154. The molecule has 1 aliphatic heterocycles. The number of rotatable bonds is 3. The van der Waals surface area contributed by atoms with Crippen molar-refractivity contribution in [1.82, 2.24) is 5.32 Å². The monoisotopic (exact) mass is 401 g/mol. The molecule has 1 saturated carbocycles. The molecule has 3 rings (SSSR count). The molecule has 11 heteroatoms. The van der Waals surface area contributed by atoms with Crippen LogP contribution in [0.4, 0.5) is 30.7 Å². The van der Waals surface area contributed by atoms with Crippen LogP contribution in [-0.4, -0.2) is 31.0 Å². The van der Waals surface area contributed by atoms with Crippen molar-refractivity contribution in [2.45, 2.75) is 37.5 Å². The van der Waals surface area contributed by atoms with E-state index in [0.29, 0.717) is 18.6 Å². The zero-order valence-electron chi connectivity index (χ0n) is 13.5. The van der Waals surface area contributed by atoms with Gasteiger partial charge < -0.3 is 9.47 Å². The smallest absolute Gasteiger partial charge is 0.487 e. The molecule has 4 nitrogen and oxygen atoms in total. The highest BCUT2D eigenvalue weighted by molar-refractivity contribution is 5.75. The quantitative estimate of drug-likeness (QED) is 0.621. The summed E-state index contributed by atoms with van der Waals surface area (Å²) in [7, 11) is 0. The van der Waals surface area contributed by atoms with Crippen molar-refractivity contribution in [1.29, 1.82) is 0 Å². The highest BCUT2D eigenvalue weighted by Gasteiger charge is 2.49. The molecule has 0 bridgehead atoms. The van der Waals surface area contributed by atoms with Gasteiger partial charge in [-0.1, -0.05) is 0 Å². The molecule has 4 atom stereocenters. The van der Waals surface area contributed by atoms with E-state index in [4.69, 9.17) is 4.74 Å². The second-order valence-corrected chi connectivity index (χ2v) is 6.51. The number of fused-ring (bicyclic) bond motifs is 1. The third-order valence-electron chi connectivity index (χ3n) is 4.69. The maximum Gasteiger partial charge on any atom is 0.490 e. The Hall–Kier alpha value is -2.04. The summed E-state index contributed by atoms with van der Waals surface area (Å²) in [4.78, 5) is 11.0. The summed E-state index contributed by atoms with van der Waals surface area (Å²) in [6, 6.07) is 1.87. The molecule has 1 aromatic rings. The normalized spacial score (nSPS) is 28.1. The third kappa shape index (κ3) is 4.28. The number of ether oxygens (including phenoxy) is 2. The van der Waals surface area contributed by atoms with Gasteiger partial charge in [0.15, 0.2) is 17.8 Å². The van der Waals surface area contributed by atoms with Crippen molar-refractivity contribution in [3.8, 4) is 5.75 Å². The Morgan fingerprint density at radius 1 is 1.11 bits per heavy atom. The summed E-state index contributed by atoms with van der Waals surface area (Å²) in [6.07, 6.45) is -11.0. The van der Waals surface area contributed by atoms with Gasteiger partial charge in [0, 0.05) is 12.5 Å². The minimum Gasteiger partial charge on any atom is -0.487 e. The summed E-state index contributed by atoms with van der Waals surface area (Å²) in [5.41, 5.74) is -1.15. The Kier molecular flexibility index (Phi) is 5.00. The van der Waals surface area contributed by atoms with Crippen LogP contribution in [0.3, 0.4) is 0 Å². The molecule has 1 aliphatic carbocycles. The maximum absolute atomic E-state index is 13.9. The second kappa shape index (κ2) is 6.84. The van der Waals surface area contributed by atoms with E-state index in [0.717, 1.165) is 6.07 Å². The number of benzene rings is 1. The largest absolute Gasteiger partial charge is 0.490 e. The van der Waals surface area contributed by atoms with Gasteiger partial charge >= 0.3 is 18.3 Å². The topological polar surface area (TPSA) is 47.6 Å². The van der Waals surface area contributed by atoms with Crippen molar-refractivity contribution < 1.29 is 45.0 Å². The van der Waals surface area contributed by atoms with Crippen LogP contribution in [0.25, 0.3) is 0 Å². The van der Waals surface area contributed by atoms with Gasteiger partial charge in [-0.25, -0.2) is 9.18 Å². The van der Waals surface area contributed by atoms with E-state index < -0.39 is 48.0 Å². The fourth-order valence-electron chi connectivity index (χ4n) is 3.49. The lowest BCUT2D eigenvalue weighted by Gasteiger charge is -2.21. The van der Waals surface area contributed by atoms with Crippen LogP contribution >= 0.6 is 0 Å². The summed E-state index contributed by atoms with van der Waals surface area (Å²) in [5.74, 6) is -4.47. The van der Waals surface area contributed by atoms with Crippen LogP contribution in [0.2, 0.25) is 0 Å². The minimum atomic E-state index is -5.11. The fraction of sp³-hybridized carbons (Fsp3) is 0.562. The molecule has 27 heavy (non-hydrogen) atoms. The Bertz CT molecular complexity index is 719. The second-order valence-electron chi connectivity index (χ2n) is 6.51. The molecule has 2 fully saturated rings. The molecule has 1 saturated heterocycles.